The molecule has 10 nitrogen and oxygen atoms in total. The summed E-state index contributed by atoms with van der Waals surface area (Å²) in [6.07, 6.45) is -0.486. The Morgan fingerprint density at radius 1 is 0.963 bits per heavy atom. The Morgan fingerprint density at radius 3 is 2.07 bits per heavy atom. The number of aliphatic hydroxyl groups excluding tert-OH is 1. The second-order valence-corrected chi connectivity index (χ2v) is 5.87. The van der Waals surface area contributed by atoms with Gasteiger partial charge in [0.25, 0.3) is 0 Å². The Bertz CT molecular complexity index is 666. The van der Waals surface area contributed by atoms with Gasteiger partial charge in [0.2, 0.25) is 11.8 Å². The molecule has 0 aromatic heterocycles. The van der Waals surface area contributed by atoms with E-state index in [-0.39, 0.29) is 12.8 Å². The fourth-order valence-corrected chi connectivity index (χ4v) is 2.23. The largest absolute Gasteiger partial charge is 0.481 e. The number of hydrogen-bond donors (Lipinski definition) is 6. The van der Waals surface area contributed by atoms with Crippen LogP contribution in [0.4, 0.5) is 0 Å². The van der Waals surface area contributed by atoms with Gasteiger partial charge >= 0.3 is 11.9 Å². The highest BCUT2D eigenvalue weighted by atomic mass is 16.4. The fourth-order valence-electron chi connectivity index (χ4n) is 2.23. The Balaban J connectivity index is 2.77. The van der Waals surface area contributed by atoms with Crippen molar-refractivity contribution in [3.05, 3.63) is 35.9 Å². The van der Waals surface area contributed by atoms with Crippen LogP contribution in [0.1, 0.15) is 18.4 Å². The molecule has 2 amide bonds. The molecule has 10 heteroatoms. The zero-order valence-electron chi connectivity index (χ0n) is 14.5. The minimum atomic E-state index is -1.57. The average Bonchev–Trinajstić information content (AvgIpc) is 2.62. The van der Waals surface area contributed by atoms with Gasteiger partial charge in [0, 0.05) is 6.42 Å². The number of carbonyl (C=O) groups excluding carboxylic acids is 2. The molecule has 0 aliphatic rings. The maximum Gasteiger partial charge on any atom is 0.328 e. The fraction of sp³-hybridized carbons (Fsp3) is 0.412. The summed E-state index contributed by atoms with van der Waals surface area (Å²) >= 11 is 0. The lowest BCUT2D eigenvalue weighted by Crippen LogP contribution is -2.55. The molecule has 1 aromatic rings. The number of hydrogen-bond acceptors (Lipinski definition) is 6. The zero-order chi connectivity index (χ0) is 20.4. The number of nitrogens with one attached hydrogen (secondary N) is 2. The Hall–Kier alpha value is -2.98. The quantitative estimate of drug-likeness (QED) is 0.267. The lowest BCUT2D eigenvalue weighted by atomic mass is 10.0. The highest BCUT2D eigenvalue weighted by Gasteiger charge is 2.28. The number of carboxylic acid groups (broad SMARTS) is 2. The van der Waals surface area contributed by atoms with E-state index in [4.69, 9.17) is 21.1 Å². The van der Waals surface area contributed by atoms with Gasteiger partial charge in [0.1, 0.15) is 12.1 Å². The van der Waals surface area contributed by atoms with E-state index in [2.05, 4.69) is 5.32 Å². The SMILES string of the molecule is NC(Cc1ccccc1)C(=O)NC(CCC(=O)O)C(=O)NC(CO)C(=O)O. The molecule has 3 unspecified atom stereocenters. The molecule has 0 heterocycles. The molecular formula is C17H23N3O7. The molecule has 0 radical (unpaired) electrons. The number of carboxylic acids is 2. The number of benzene rings is 1. The maximum atomic E-state index is 12.3. The maximum absolute atomic E-state index is 12.3. The van der Waals surface area contributed by atoms with Gasteiger partial charge in [-0.1, -0.05) is 30.3 Å². The highest BCUT2D eigenvalue weighted by Crippen LogP contribution is 2.04. The van der Waals surface area contributed by atoms with Gasteiger partial charge in [-0.05, 0) is 18.4 Å². The lowest BCUT2D eigenvalue weighted by Gasteiger charge is -2.22. The van der Waals surface area contributed by atoms with Crippen LogP contribution in [0.5, 0.6) is 0 Å². The van der Waals surface area contributed by atoms with Crippen LogP contribution in [0, 0.1) is 0 Å². The number of rotatable bonds is 11. The van der Waals surface area contributed by atoms with Crippen molar-refractivity contribution >= 4 is 23.8 Å². The van der Waals surface area contributed by atoms with Gasteiger partial charge in [-0.25, -0.2) is 4.79 Å². The van der Waals surface area contributed by atoms with Crippen LogP contribution in [-0.2, 0) is 25.6 Å². The number of nitrogens with two attached hydrogens (primary N) is 1. The molecule has 3 atom stereocenters. The van der Waals surface area contributed by atoms with Crippen molar-refractivity contribution in [1.29, 1.82) is 0 Å². The third-order valence-electron chi connectivity index (χ3n) is 3.71. The molecule has 0 saturated carbocycles. The van der Waals surface area contributed by atoms with Crippen LogP contribution in [0.15, 0.2) is 30.3 Å². The van der Waals surface area contributed by atoms with Gasteiger partial charge in [0.05, 0.1) is 12.6 Å². The molecule has 7 N–H and O–H groups in total. The van der Waals surface area contributed by atoms with E-state index in [0.29, 0.717) is 0 Å². The Morgan fingerprint density at radius 2 is 1.56 bits per heavy atom. The number of carbonyl (C=O) groups is 4. The third kappa shape index (κ3) is 7.84. The molecule has 0 fully saturated rings. The molecule has 0 saturated heterocycles. The molecule has 27 heavy (non-hydrogen) atoms. The van der Waals surface area contributed by atoms with Gasteiger partial charge in [-0.3, -0.25) is 14.4 Å². The highest BCUT2D eigenvalue weighted by molar-refractivity contribution is 5.92. The summed E-state index contributed by atoms with van der Waals surface area (Å²) in [5.74, 6) is -4.25. The molecule has 0 bridgehead atoms. The predicted molar refractivity (Wildman–Crippen MR) is 93.6 cm³/mol. The first-order valence-electron chi connectivity index (χ1n) is 8.20. The normalized spacial score (nSPS) is 13.9. The van der Waals surface area contributed by atoms with Crippen molar-refractivity contribution in [2.45, 2.75) is 37.4 Å². The van der Waals surface area contributed by atoms with Gasteiger partial charge < -0.3 is 31.7 Å². The summed E-state index contributed by atoms with van der Waals surface area (Å²) < 4.78 is 0. The van der Waals surface area contributed by atoms with Gasteiger partial charge in [-0.2, -0.15) is 0 Å². The summed E-state index contributed by atoms with van der Waals surface area (Å²) in [6, 6.07) is 5.07. The van der Waals surface area contributed by atoms with Crippen LogP contribution < -0.4 is 16.4 Å². The monoisotopic (exact) mass is 381 g/mol. The van der Waals surface area contributed by atoms with Gasteiger partial charge in [-0.15, -0.1) is 0 Å². The van der Waals surface area contributed by atoms with Crippen molar-refractivity contribution in [1.82, 2.24) is 10.6 Å². The molecule has 0 aliphatic carbocycles. The molecule has 0 spiro atoms. The van der Waals surface area contributed by atoms with E-state index in [1.54, 1.807) is 30.3 Å². The summed E-state index contributed by atoms with van der Waals surface area (Å²) in [5.41, 5.74) is 6.64. The van der Waals surface area contributed by atoms with E-state index in [0.717, 1.165) is 5.56 Å². The Kier molecular flexibility index (Phi) is 8.90. The summed E-state index contributed by atoms with van der Waals surface area (Å²) in [7, 11) is 0. The zero-order valence-corrected chi connectivity index (χ0v) is 14.5. The van der Waals surface area contributed by atoms with Gasteiger partial charge in [0.15, 0.2) is 0 Å². The van der Waals surface area contributed by atoms with Crippen molar-refractivity contribution in [2.24, 2.45) is 5.73 Å². The molecule has 1 aromatic carbocycles. The van der Waals surface area contributed by atoms with Crippen molar-refractivity contribution in [3.63, 3.8) is 0 Å². The average molecular weight is 381 g/mol. The number of aliphatic hydroxyl groups is 1. The van der Waals surface area contributed by atoms with E-state index in [1.807, 2.05) is 5.32 Å². The topological polar surface area (TPSA) is 179 Å². The van der Waals surface area contributed by atoms with Crippen molar-refractivity contribution in [2.75, 3.05) is 6.61 Å². The van der Waals surface area contributed by atoms with E-state index < -0.39 is 54.9 Å². The van der Waals surface area contributed by atoms with Crippen LogP contribution in [0.3, 0.4) is 0 Å². The van der Waals surface area contributed by atoms with Crippen LogP contribution in [-0.4, -0.2) is 63.8 Å². The standard InChI is InChI=1S/C17H23N3O7/c18-11(8-10-4-2-1-3-5-10)15(24)19-12(6-7-14(22)23)16(25)20-13(9-21)17(26)27/h1-5,11-13,21H,6-9,18H2,(H,19,24)(H,20,25)(H,22,23)(H,26,27). The minimum Gasteiger partial charge on any atom is -0.481 e. The van der Waals surface area contributed by atoms with Crippen LogP contribution in [0.25, 0.3) is 0 Å². The predicted octanol–water partition coefficient (Wildman–Crippen LogP) is -1.53. The molecule has 0 aliphatic heterocycles. The summed E-state index contributed by atoms with van der Waals surface area (Å²) in [4.78, 5) is 46.2. The van der Waals surface area contributed by atoms with E-state index in [9.17, 15) is 19.2 Å². The number of aliphatic carboxylic acids is 2. The first-order chi connectivity index (χ1) is 12.7. The molecule has 148 valence electrons. The first kappa shape index (κ1) is 22.1. The summed E-state index contributed by atoms with van der Waals surface area (Å²) in [6.45, 7) is -0.853. The Labute approximate surface area is 155 Å². The number of amides is 2. The minimum absolute atomic E-state index is 0.203. The smallest absolute Gasteiger partial charge is 0.328 e. The molecule has 1 rings (SSSR count). The van der Waals surface area contributed by atoms with Crippen LogP contribution >= 0.6 is 0 Å². The molecular weight excluding hydrogens is 358 g/mol. The second-order valence-electron chi connectivity index (χ2n) is 5.87. The van der Waals surface area contributed by atoms with E-state index >= 15 is 0 Å². The summed E-state index contributed by atoms with van der Waals surface area (Å²) in [5, 5.41) is 31.1. The lowest BCUT2D eigenvalue weighted by molar-refractivity contribution is -0.144. The second kappa shape index (κ2) is 10.9. The van der Waals surface area contributed by atoms with Crippen molar-refractivity contribution in [3.8, 4) is 0 Å². The van der Waals surface area contributed by atoms with Crippen LogP contribution in [0.2, 0.25) is 0 Å². The van der Waals surface area contributed by atoms with Crippen molar-refractivity contribution < 1.29 is 34.5 Å². The first-order valence-corrected chi connectivity index (χ1v) is 8.20. The third-order valence-corrected chi connectivity index (χ3v) is 3.71. The van der Waals surface area contributed by atoms with E-state index in [1.165, 1.54) is 0 Å².